The van der Waals surface area contributed by atoms with Crippen LogP contribution in [0.4, 0.5) is 0 Å². The SMILES string of the molecule is CC(C)CN1C(CCC(=O)O)CN(C)CC1(C)C. The van der Waals surface area contributed by atoms with Gasteiger partial charge in [0.1, 0.15) is 0 Å². The van der Waals surface area contributed by atoms with Gasteiger partial charge in [-0.25, -0.2) is 0 Å². The number of hydrogen-bond donors (Lipinski definition) is 1. The minimum absolute atomic E-state index is 0.125. The smallest absolute Gasteiger partial charge is 0.303 e. The van der Waals surface area contributed by atoms with Gasteiger partial charge < -0.3 is 10.0 Å². The maximum Gasteiger partial charge on any atom is 0.303 e. The molecule has 1 atom stereocenters. The molecule has 0 aliphatic carbocycles. The van der Waals surface area contributed by atoms with E-state index in [1.54, 1.807) is 0 Å². The van der Waals surface area contributed by atoms with Crippen molar-refractivity contribution in [2.45, 2.75) is 52.1 Å². The molecule has 4 nitrogen and oxygen atoms in total. The summed E-state index contributed by atoms with van der Waals surface area (Å²) >= 11 is 0. The van der Waals surface area contributed by atoms with Gasteiger partial charge in [0.05, 0.1) is 0 Å². The normalized spacial score (nSPS) is 25.6. The van der Waals surface area contributed by atoms with Crippen molar-refractivity contribution in [3.05, 3.63) is 0 Å². The van der Waals surface area contributed by atoms with Gasteiger partial charge >= 0.3 is 5.97 Å². The van der Waals surface area contributed by atoms with Gasteiger partial charge in [0.2, 0.25) is 0 Å². The molecule has 1 aliphatic rings. The van der Waals surface area contributed by atoms with E-state index in [1.165, 1.54) is 0 Å². The molecule has 1 heterocycles. The highest BCUT2D eigenvalue weighted by Gasteiger charge is 2.38. The second-order valence-electron chi connectivity index (χ2n) is 6.64. The van der Waals surface area contributed by atoms with Crippen LogP contribution in [-0.2, 0) is 4.79 Å². The van der Waals surface area contributed by atoms with Gasteiger partial charge in [-0.3, -0.25) is 9.69 Å². The molecule has 0 aromatic rings. The van der Waals surface area contributed by atoms with Crippen molar-refractivity contribution in [3.63, 3.8) is 0 Å². The topological polar surface area (TPSA) is 43.8 Å². The highest BCUT2D eigenvalue weighted by molar-refractivity contribution is 5.66. The molecule has 0 bridgehead atoms. The first-order valence-electron chi connectivity index (χ1n) is 6.89. The standard InChI is InChI=1S/C14H28N2O2/c1-11(2)8-16-12(6-7-13(17)18)9-15(5)10-14(16,3)4/h11-12H,6-10H2,1-5H3,(H,17,18). The number of aliphatic carboxylic acids is 1. The fourth-order valence-electron chi connectivity index (χ4n) is 3.10. The summed E-state index contributed by atoms with van der Waals surface area (Å²) in [5.41, 5.74) is 0.125. The third-order valence-corrected chi connectivity index (χ3v) is 3.65. The summed E-state index contributed by atoms with van der Waals surface area (Å²) < 4.78 is 0. The van der Waals surface area contributed by atoms with E-state index < -0.39 is 5.97 Å². The summed E-state index contributed by atoms with van der Waals surface area (Å²) in [4.78, 5) is 15.6. The minimum Gasteiger partial charge on any atom is -0.481 e. The predicted octanol–water partition coefficient (Wildman–Crippen LogP) is 1.90. The van der Waals surface area contributed by atoms with Crippen molar-refractivity contribution >= 4 is 5.97 Å². The third kappa shape index (κ3) is 4.25. The molecule has 18 heavy (non-hydrogen) atoms. The van der Waals surface area contributed by atoms with Gasteiger partial charge in [0, 0.05) is 37.6 Å². The molecule has 0 radical (unpaired) electrons. The quantitative estimate of drug-likeness (QED) is 0.816. The Morgan fingerprint density at radius 1 is 1.44 bits per heavy atom. The number of hydrogen-bond acceptors (Lipinski definition) is 3. The molecule has 0 aromatic carbocycles. The Labute approximate surface area is 111 Å². The van der Waals surface area contributed by atoms with E-state index in [0.29, 0.717) is 12.0 Å². The molecular weight excluding hydrogens is 228 g/mol. The molecule has 0 saturated carbocycles. The van der Waals surface area contributed by atoms with Crippen LogP contribution in [0, 0.1) is 5.92 Å². The molecule has 1 fully saturated rings. The number of carboxylic acids is 1. The van der Waals surface area contributed by atoms with Gasteiger partial charge in [-0.1, -0.05) is 13.8 Å². The Balaban J connectivity index is 2.76. The number of piperazine rings is 1. The first kappa shape index (κ1) is 15.4. The molecule has 1 unspecified atom stereocenters. The molecule has 0 amide bonds. The van der Waals surface area contributed by atoms with Crippen LogP contribution in [0.15, 0.2) is 0 Å². The molecule has 0 aromatic heterocycles. The molecule has 1 N–H and O–H groups in total. The van der Waals surface area contributed by atoms with Crippen LogP contribution in [0.3, 0.4) is 0 Å². The first-order chi connectivity index (χ1) is 8.22. The first-order valence-corrected chi connectivity index (χ1v) is 6.89. The zero-order valence-electron chi connectivity index (χ0n) is 12.4. The Hall–Kier alpha value is -0.610. The lowest BCUT2D eigenvalue weighted by Crippen LogP contribution is -2.63. The summed E-state index contributed by atoms with van der Waals surface area (Å²) in [7, 11) is 2.13. The van der Waals surface area contributed by atoms with Crippen LogP contribution < -0.4 is 0 Å². The highest BCUT2D eigenvalue weighted by atomic mass is 16.4. The lowest BCUT2D eigenvalue weighted by atomic mass is 9.91. The minimum atomic E-state index is -0.689. The predicted molar refractivity (Wildman–Crippen MR) is 73.8 cm³/mol. The van der Waals surface area contributed by atoms with Gasteiger partial charge in [-0.05, 0) is 33.2 Å². The number of nitrogens with zero attached hydrogens (tertiary/aromatic N) is 2. The van der Waals surface area contributed by atoms with Crippen molar-refractivity contribution in [2.24, 2.45) is 5.92 Å². The maximum atomic E-state index is 10.8. The van der Waals surface area contributed by atoms with E-state index in [2.05, 4.69) is 44.5 Å². The van der Waals surface area contributed by atoms with Crippen LogP contribution in [0.5, 0.6) is 0 Å². The number of likely N-dealkylation sites (N-methyl/N-ethyl adjacent to an activating group) is 1. The molecule has 0 spiro atoms. The van der Waals surface area contributed by atoms with E-state index in [0.717, 1.165) is 26.1 Å². The van der Waals surface area contributed by atoms with E-state index >= 15 is 0 Å². The molecule has 4 heteroatoms. The van der Waals surface area contributed by atoms with Gasteiger partial charge in [0.15, 0.2) is 0 Å². The van der Waals surface area contributed by atoms with Gasteiger partial charge in [-0.2, -0.15) is 0 Å². The largest absolute Gasteiger partial charge is 0.481 e. The maximum absolute atomic E-state index is 10.8. The number of carbonyl (C=O) groups is 1. The van der Waals surface area contributed by atoms with Crippen molar-refractivity contribution in [2.75, 3.05) is 26.7 Å². The fraction of sp³-hybridized carbons (Fsp3) is 0.929. The Morgan fingerprint density at radius 3 is 2.56 bits per heavy atom. The summed E-state index contributed by atoms with van der Waals surface area (Å²) in [6.07, 6.45) is 1.01. The van der Waals surface area contributed by atoms with Crippen LogP contribution in [0.1, 0.15) is 40.5 Å². The second kappa shape index (κ2) is 6.02. The van der Waals surface area contributed by atoms with E-state index in [-0.39, 0.29) is 12.0 Å². The third-order valence-electron chi connectivity index (χ3n) is 3.65. The van der Waals surface area contributed by atoms with Crippen molar-refractivity contribution in [3.8, 4) is 0 Å². The summed E-state index contributed by atoms with van der Waals surface area (Å²) in [6, 6.07) is 0.359. The summed E-state index contributed by atoms with van der Waals surface area (Å²) in [6.45, 7) is 12.0. The fourth-order valence-corrected chi connectivity index (χ4v) is 3.10. The lowest BCUT2D eigenvalue weighted by molar-refractivity contribution is -0.138. The van der Waals surface area contributed by atoms with Crippen LogP contribution in [0.25, 0.3) is 0 Å². The van der Waals surface area contributed by atoms with Gasteiger partial charge in [0.25, 0.3) is 0 Å². The van der Waals surface area contributed by atoms with Crippen LogP contribution in [0.2, 0.25) is 0 Å². The van der Waals surface area contributed by atoms with E-state index in [9.17, 15) is 4.79 Å². The molecule has 106 valence electrons. The zero-order chi connectivity index (χ0) is 13.9. The molecule has 1 saturated heterocycles. The van der Waals surface area contributed by atoms with Crippen molar-refractivity contribution in [1.29, 1.82) is 0 Å². The average Bonchev–Trinajstić information content (AvgIpc) is 2.18. The van der Waals surface area contributed by atoms with Crippen LogP contribution in [-0.4, -0.2) is 59.1 Å². The Kier molecular flexibility index (Phi) is 5.17. The Bertz CT molecular complexity index is 290. The summed E-state index contributed by atoms with van der Waals surface area (Å²) in [5.74, 6) is -0.0782. The zero-order valence-corrected chi connectivity index (χ0v) is 12.4. The highest BCUT2D eigenvalue weighted by Crippen LogP contribution is 2.27. The monoisotopic (exact) mass is 256 g/mol. The molecular formula is C14H28N2O2. The molecule has 1 rings (SSSR count). The van der Waals surface area contributed by atoms with Crippen LogP contribution >= 0.6 is 0 Å². The lowest BCUT2D eigenvalue weighted by Gasteiger charge is -2.52. The summed E-state index contributed by atoms with van der Waals surface area (Å²) in [5, 5.41) is 8.88. The molecule has 1 aliphatic heterocycles. The van der Waals surface area contributed by atoms with Gasteiger partial charge in [-0.15, -0.1) is 0 Å². The number of rotatable bonds is 5. The number of carboxylic acid groups (broad SMARTS) is 1. The Morgan fingerprint density at radius 2 is 2.06 bits per heavy atom. The van der Waals surface area contributed by atoms with Crippen molar-refractivity contribution < 1.29 is 9.90 Å². The van der Waals surface area contributed by atoms with E-state index in [1.807, 2.05) is 0 Å². The van der Waals surface area contributed by atoms with E-state index in [4.69, 9.17) is 5.11 Å². The van der Waals surface area contributed by atoms with Crippen molar-refractivity contribution in [1.82, 2.24) is 9.80 Å². The average molecular weight is 256 g/mol. The second-order valence-corrected chi connectivity index (χ2v) is 6.64.